The molecule has 2 aliphatic rings. The first-order valence-corrected chi connectivity index (χ1v) is 37.3. The van der Waals surface area contributed by atoms with Gasteiger partial charge in [-0.1, -0.05) is 279 Å². The van der Waals surface area contributed by atoms with Crippen LogP contribution in [0.2, 0.25) is 0 Å². The van der Waals surface area contributed by atoms with Crippen molar-refractivity contribution < 1.29 is 0 Å². The van der Waals surface area contributed by atoms with E-state index in [2.05, 4.69) is 424 Å². The standard InChI is InChI=1S/C102H66BN5/c1-9-27-67(28-10-1)73-47-53-88-82(59-73)83-60-74(68-29-11-2-12-30-68)48-54-89(83)106(88)81-65-98-102-99(66-81)108(97-46-26-44-95-101(97)85-62-76(70-33-15-4-16-34-70)50-56-91(85)105(95)80-41-23-8-24-42-80)93-58-52-78(72-37-19-6-20-38-72)64-87(93)103(102)86-63-77(71-35-17-5-18-36-71)51-57-92(86)107(98)96-45-25-43-94-100(96)84-61-75(69-31-13-3-14-32-69)49-55-90(84)104(94)79-39-21-7-22-40-79/h1-66H. The lowest BCUT2D eigenvalue weighted by Crippen LogP contribution is -2.61. The average Bonchev–Trinajstić information content (AvgIpc) is 1.01. The lowest BCUT2D eigenvalue weighted by atomic mass is 9.33. The van der Waals surface area contributed by atoms with Gasteiger partial charge in [0.15, 0.2) is 0 Å². The highest BCUT2D eigenvalue weighted by Crippen LogP contribution is 2.53. The molecule has 6 heteroatoms. The summed E-state index contributed by atoms with van der Waals surface area (Å²) in [5, 5.41) is 7.02. The normalized spacial score (nSPS) is 12.4. The summed E-state index contributed by atoms with van der Waals surface area (Å²) in [5.74, 6) is 0. The SMILES string of the molecule is c1ccc(-c2ccc3c(c2)B2c4cc(-c5ccccc5)ccc4N(c4cccc5c4c4cc(-c6ccccc6)ccc4n5-c4ccccc4)c4cc(-n5c6ccc(-c7ccccc7)cc6c6cc(-c7ccccc7)ccc65)cc(c42)N3c2cccc3c2c2cc(-c4ccccc4)ccc2n3-c2ccccc2)cc1. The van der Waals surface area contributed by atoms with Gasteiger partial charge in [0.05, 0.1) is 50.2 Å². The minimum atomic E-state index is -0.266. The van der Waals surface area contributed by atoms with Gasteiger partial charge < -0.3 is 23.5 Å². The van der Waals surface area contributed by atoms with Gasteiger partial charge in [0, 0.05) is 66.4 Å². The first kappa shape index (κ1) is 61.3. The molecule has 17 aromatic carbocycles. The Labute approximate surface area is 626 Å². The summed E-state index contributed by atoms with van der Waals surface area (Å²) in [6.07, 6.45) is 0. The van der Waals surface area contributed by atoms with Crippen molar-refractivity contribution in [1.82, 2.24) is 13.7 Å². The van der Waals surface area contributed by atoms with Crippen LogP contribution in [-0.2, 0) is 0 Å². The zero-order valence-corrected chi connectivity index (χ0v) is 58.9. The van der Waals surface area contributed by atoms with Gasteiger partial charge in [-0.2, -0.15) is 0 Å². The number of aromatic nitrogens is 3. The van der Waals surface area contributed by atoms with Gasteiger partial charge in [0.1, 0.15) is 0 Å². The molecule has 0 amide bonds. The molecule has 0 fully saturated rings. The van der Waals surface area contributed by atoms with Crippen LogP contribution < -0.4 is 26.2 Å². The van der Waals surface area contributed by atoms with E-state index in [1.807, 2.05) is 0 Å². The van der Waals surface area contributed by atoms with E-state index in [-0.39, 0.29) is 6.71 Å². The van der Waals surface area contributed by atoms with E-state index in [0.717, 1.165) is 117 Å². The first-order valence-electron chi connectivity index (χ1n) is 37.3. The number of fused-ring (bicyclic) bond motifs is 13. The molecule has 0 bridgehead atoms. The van der Waals surface area contributed by atoms with Crippen LogP contribution in [0.25, 0.3) is 149 Å². The lowest BCUT2D eigenvalue weighted by molar-refractivity contribution is 1.16. The summed E-state index contributed by atoms with van der Waals surface area (Å²) < 4.78 is 7.52. The largest absolute Gasteiger partial charge is 0.311 e. The van der Waals surface area contributed by atoms with Crippen molar-refractivity contribution in [3.05, 3.63) is 400 Å². The van der Waals surface area contributed by atoms with Gasteiger partial charge in [0.25, 0.3) is 6.71 Å². The Kier molecular flexibility index (Phi) is 14.0. The second kappa shape index (κ2) is 24.7. The Hall–Kier alpha value is -14.2. The third-order valence-electron chi connectivity index (χ3n) is 22.8. The number of para-hydroxylation sites is 2. The van der Waals surface area contributed by atoms with Gasteiger partial charge in [-0.05, 0) is 204 Å². The van der Waals surface area contributed by atoms with Crippen LogP contribution in [-0.4, -0.2) is 20.4 Å². The fraction of sp³-hybridized carbons (Fsp3) is 0. The molecule has 0 atom stereocenters. The van der Waals surface area contributed by atoms with Crippen LogP contribution in [0.4, 0.5) is 34.1 Å². The van der Waals surface area contributed by atoms with Crippen molar-refractivity contribution in [1.29, 1.82) is 0 Å². The molecule has 502 valence electrons. The van der Waals surface area contributed by atoms with E-state index >= 15 is 0 Å². The third kappa shape index (κ3) is 9.67. The zero-order chi connectivity index (χ0) is 70.9. The molecule has 2 aliphatic heterocycles. The van der Waals surface area contributed by atoms with E-state index in [0.29, 0.717) is 0 Å². The van der Waals surface area contributed by atoms with Crippen LogP contribution in [0.5, 0.6) is 0 Å². The number of anilines is 6. The van der Waals surface area contributed by atoms with Crippen LogP contribution in [0.3, 0.4) is 0 Å². The molecule has 0 radical (unpaired) electrons. The highest BCUT2D eigenvalue weighted by Gasteiger charge is 2.45. The molecule has 3 aromatic heterocycles. The van der Waals surface area contributed by atoms with Crippen LogP contribution >= 0.6 is 0 Å². The fourth-order valence-corrected chi connectivity index (χ4v) is 18.0. The molecule has 20 aromatic rings. The van der Waals surface area contributed by atoms with Gasteiger partial charge in [-0.3, -0.25) is 0 Å². The van der Waals surface area contributed by atoms with E-state index in [4.69, 9.17) is 0 Å². The predicted octanol–water partition coefficient (Wildman–Crippen LogP) is 25.1. The summed E-state index contributed by atoms with van der Waals surface area (Å²) in [4.78, 5) is 5.34. The molecule has 0 unspecified atom stereocenters. The van der Waals surface area contributed by atoms with E-state index in [1.165, 1.54) is 82.4 Å². The molecule has 0 N–H and O–H groups in total. The van der Waals surface area contributed by atoms with Crippen LogP contribution in [0, 0.1) is 0 Å². The number of nitrogens with zero attached hydrogens (tertiary/aromatic N) is 5. The summed E-state index contributed by atoms with van der Waals surface area (Å²) in [7, 11) is 0. The quantitative estimate of drug-likeness (QED) is 0.120. The monoisotopic (exact) mass is 1370 g/mol. The summed E-state index contributed by atoms with van der Waals surface area (Å²) in [5.41, 5.74) is 34.3. The van der Waals surface area contributed by atoms with E-state index < -0.39 is 0 Å². The second-order valence-electron chi connectivity index (χ2n) is 28.7. The molecule has 0 saturated heterocycles. The highest BCUT2D eigenvalue weighted by atomic mass is 15.2. The van der Waals surface area contributed by atoms with Gasteiger partial charge in [-0.15, -0.1) is 0 Å². The second-order valence-corrected chi connectivity index (χ2v) is 28.7. The minimum Gasteiger partial charge on any atom is -0.311 e. The van der Waals surface area contributed by atoms with Crippen molar-refractivity contribution in [2.24, 2.45) is 0 Å². The van der Waals surface area contributed by atoms with Gasteiger partial charge >= 0.3 is 0 Å². The smallest absolute Gasteiger partial charge is 0.252 e. The van der Waals surface area contributed by atoms with E-state index in [9.17, 15) is 0 Å². The molecule has 5 heterocycles. The Morgan fingerprint density at radius 2 is 0.444 bits per heavy atom. The van der Waals surface area contributed by atoms with Crippen molar-refractivity contribution in [3.63, 3.8) is 0 Å². The Balaban J connectivity index is 0.914. The van der Waals surface area contributed by atoms with Crippen molar-refractivity contribution in [2.45, 2.75) is 0 Å². The number of hydrogen-bond donors (Lipinski definition) is 0. The summed E-state index contributed by atoms with van der Waals surface area (Å²) >= 11 is 0. The van der Waals surface area contributed by atoms with Crippen LogP contribution in [0.15, 0.2) is 400 Å². The predicted molar refractivity (Wildman–Crippen MR) is 456 cm³/mol. The topological polar surface area (TPSA) is 21.3 Å². The molecule has 0 aliphatic carbocycles. The average molecular weight is 1370 g/mol. The van der Waals surface area contributed by atoms with Gasteiger partial charge in [-0.25, -0.2) is 0 Å². The van der Waals surface area contributed by atoms with Crippen molar-refractivity contribution in [3.8, 4) is 83.8 Å². The molecule has 0 saturated carbocycles. The van der Waals surface area contributed by atoms with Crippen LogP contribution in [0.1, 0.15) is 0 Å². The molecule has 5 nitrogen and oxygen atoms in total. The van der Waals surface area contributed by atoms with Crippen molar-refractivity contribution in [2.75, 3.05) is 9.80 Å². The fourth-order valence-electron chi connectivity index (χ4n) is 18.0. The Morgan fingerprint density at radius 3 is 0.778 bits per heavy atom. The molecular formula is C102H66BN5. The molecule has 0 spiro atoms. The number of benzene rings is 17. The molecule has 22 rings (SSSR count). The van der Waals surface area contributed by atoms with Gasteiger partial charge in [0.2, 0.25) is 0 Å². The Morgan fingerprint density at radius 1 is 0.167 bits per heavy atom. The number of hydrogen-bond acceptors (Lipinski definition) is 2. The van der Waals surface area contributed by atoms with Crippen molar-refractivity contribution >= 4 is 123 Å². The Bertz CT molecular complexity index is 6540. The molecular weight excluding hydrogens is 1310 g/mol. The maximum Gasteiger partial charge on any atom is 0.252 e. The highest BCUT2D eigenvalue weighted by molar-refractivity contribution is 7.00. The number of rotatable bonds is 11. The zero-order valence-electron chi connectivity index (χ0n) is 58.9. The summed E-state index contributed by atoms with van der Waals surface area (Å²) in [6, 6.07) is 149. The maximum absolute atomic E-state index is 2.67. The first-order chi connectivity index (χ1) is 53.6. The maximum atomic E-state index is 2.67. The minimum absolute atomic E-state index is 0.266. The summed E-state index contributed by atoms with van der Waals surface area (Å²) in [6.45, 7) is -0.266. The van der Waals surface area contributed by atoms with E-state index in [1.54, 1.807) is 0 Å². The third-order valence-corrected chi connectivity index (χ3v) is 22.8. The molecule has 108 heavy (non-hydrogen) atoms. The lowest BCUT2D eigenvalue weighted by Gasteiger charge is -2.45.